The minimum absolute atomic E-state index is 0.403. The molecule has 0 aliphatic heterocycles. The summed E-state index contributed by atoms with van der Waals surface area (Å²) in [6, 6.07) is 0. The van der Waals surface area contributed by atoms with Gasteiger partial charge in [0.25, 0.3) is 0 Å². The third kappa shape index (κ3) is 6.19. The first-order valence-electron chi connectivity index (χ1n) is 7.86. The van der Waals surface area contributed by atoms with Crippen molar-refractivity contribution in [1.29, 1.82) is 0 Å². The van der Waals surface area contributed by atoms with Crippen molar-refractivity contribution in [2.24, 2.45) is 28.9 Å². The van der Waals surface area contributed by atoms with Gasteiger partial charge in [-0.15, -0.1) is 0 Å². The summed E-state index contributed by atoms with van der Waals surface area (Å²) in [7, 11) is 0. The average molecular weight is 254 g/mol. The number of nitrogens with two attached hydrogens (primary N) is 1. The lowest BCUT2D eigenvalue weighted by Crippen LogP contribution is -2.27. The molecular weight excluding hydrogens is 220 g/mol. The molecule has 0 saturated heterocycles. The van der Waals surface area contributed by atoms with Gasteiger partial charge in [-0.05, 0) is 74.9 Å². The van der Waals surface area contributed by atoms with Gasteiger partial charge in [-0.2, -0.15) is 0 Å². The van der Waals surface area contributed by atoms with Crippen LogP contribution in [0.1, 0.15) is 59.8 Å². The first-order valence-corrected chi connectivity index (χ1v) is 7.86. The molecule has 1 aliphatic rings. The highest BCUT2D eigenvalue weighted by atomic mass is 14.9. The molecule has 0 spiro atoms. The van der Waals surface area contributed by atoms with E-state index in [1.165, 1.54) is 45.2 Å². The summed E-state index contributed by atoms with van der Waals surface area (Å²) < 4.78 is 0. The lowest BCUT2D eigenvalue weighted by atomic mass is 9.76. The van der Waals surface area contributed by atoms with Crippen molar-refractivity contribution in [3.8, 4) is 0 Å². The molecule has 0 aromatic rings. The molecular formula is C16H34N2. The Balaban J connectivity index is 2.06. The second kappa shape index (κ2) is 7.49. The molecule has 1 aliphatic carbocycles. The average Bonchev–Trinajstić information content (AvgIpc) is 3.09. The molecule has 0 heterocycles. The minimum Gasteiger partial charge on any atom is -0.330 e. The van der Waals surface area contributed by atoms with Crippen molar-refractivity contribution in [2.45, 2.75) is 59.8 Å². The Labute approximate surface area is 114 Å². The van der Waals surface area contributed by atoms with Gasteiger partial charge in [-0.3, -0.25) is 0 Å². The van der Waals surface area contributed by atoms with Gasteiger partial charge in [0.15, 0.2) is 0 Å². The molecule has 2 unspecified atom stereocenters. The smallest absolute Gasteiger partial charge is 0.00205 e. The zero-order chi connectivity index (χ0) is 13.6. The summed E-state index contributed by atoms with van der Waals surface area (Å²) in [4.78, 5) is 0. The van der Waals surface area contributed by atoms with E-state index in [2.05, 4.69) is 33.0 Å². The van der Waals surface area contributed by atoms with Crippen LogP contribution >= 0.6 is 0 Å². The number of rotatable bonds is 9. The van der Waals surface area contributed by atoms with Gasteiger partial charge >= 0.3 is 0 Å². The van der Waals surface area contributed by atoms with Crippen LogP contribution in [0.5, 0.6) is 0 Å². The molecule has 108 valence electrons. The van der Waals surface area contributed by atoms with Crippen LogP contribution in [0, 0.1) is 23.2 Å². The van der Waals surface area contributed by atoms with E-state index in [4.69, 9.17) is 5.73 Å². The fourth-order valence-corrected chi connectivity index (χ4v) is 2.85. The Morgan fingerprint density at radius 1 is 1.22 bits per heavy atom. The Morgan fingerprint density at radius 2 is 1.89 bits per heavy atom. The van der Waals surface area contributed by atoms with Gasteiger partial charge in [0.2, 0.25) is 0 Å². The Kier molecular flexibility index (Phi) is 6.65. The SMILES string of the molecule is CC(CNCCCC(CCN)C(C)(C)C)C1CC1. The van der Waals surface area contributed by atoms with E-state index >= 15 is 0 Å². The van der Waals surface area contributed by atoms with Crippen molar-refractivity contribution in [1.82, 2.24) is 5.32 Å². The molecule has 1 fully saturated rings. The van der Waals surface area contributed by atoms with Gasteiger partial charge in [0.1, 0.15) is 0 Å². The molecule has 18 heavy (non-hydrogen) atoms. The summed E-state index contributed by atoms with van der Waals surface area (Å²) in [6.07, 6.45) is 6.70. The fourth-order valence-electron chi connectivity index (χ4n) is 2.85. The van der Waals surface area contributed by atoms with Crippen LogP contribution in [-0.4, -0.2) is 19.6 Å². The molecule has 0 aromatic carbocycles. The summed E-state index contributed by atoms with van der Waals surface area (Å²) >= 11 is 0. The van der Waals surface area contributed by atoms with E-state index in [1.807, 2.05) is 0 Å². The standard InChI is InChI=1S/C16H34N2/c1-13(14-7-8-14)12-18-11-5-6-15(9-10-17)16(2,3)4/h13-15,18H,5-12,17H2,1-4H3. The third-order valence-electron chi connectivity index (χ3n) is 4.54. The molecule has 2 nitrogen and oxygen atoms in total. The van der Waals surface area contributed by atoms with E-state index in [9.17, 15) is 0 Å². The molecule has 1 saturated carbocycles. The van der Waals surface area contributed by atoms with Crippen LogP contribution in [0.15, 0.2) is 0 Å². The Hall–Kier alpha value is -0.0800. The number of nitrogens with one attached hydrogen (secondary N) is 1. The highest BCUT2D eigenvalue weighted by molar-refractivity contribution is 4.80. The van der Waals surface area contributed by atoms with E-state index < -0.39 is 0 Å². The van der Waals surface area contributed by atoms with Crippen molar-refractivity contribution >= 4 is 0 Å². The van der Waals surface area contributed by atoms with Gasteiger partial charge < -0.3 is 11.1 Å². The normalized spacial score (nSPS) is 19.8. The van der Waals surface area contributed by atoms with Gasteiger partial charge in [0.05, 0.1) is 0 Å². The molecule has 0 amide bonds. The predicted molar refractivity (Wildman–Crippen MR) is 80.6 cm³/mol. The molecule has 0 radical (unpaired) electrons. The molecule has 2 heteroatoms. The number of hydrogen-bond donors (Lipinski definition) is 2. The van der Waals surface area contributed by atoms with E-state index in [1.54, 1.807) is 0 Å². The Bertz CT molecular complexity index is 216. The first kappa shape index (κ1) is 16.0. The van der Waals surface area contributed by atoms with E-state index in [0.29, 0.717) is 5.41 Å². The second-order valence-corrected chi connectivity index (χ2v) is 7.30. The quantitative estimate of drug-likeness (QED) is 0.619. The zero-order valence-corrected chi connectivity index (χ0v) is 13.0. The van der Waals surface area contributed by atoms with Crippen LogP contribution in [0.2, 0.25) is 0 Å². The highest BCUT2D eigenvalue weighted by Crippen LogP contribution is 2.36. The molecule has 1 rings (SSSR count). The molecule has 0 aromatic heterocycles. The fraction of sp³-hybridized carbons (Fsp3) is 1.00. The van der Waals surface area contributed by atoms with Crippen molar-refractivity contribution in [2.75, 3.05) is 19.6 Å². The minimum atomic E-state index is 0.403. The molecule has 3 N–H and O–H groups in total. The predicted octanol–water partition coefficient (Wildman–Crippen LogP) is 3.41. The summed E-state index contributed by atoms with van der Waals surface area (Å²) in [5, 5.41) is 3.62. The van der Waals surface area contributed by atoms with Gasteiger partial charge in [-0.25, -0.2) is 0 Å². The Morgan fingerprint density at radius 3 is 2.39 bits per heavy atom. The van der Waals surface area contributed by atoms with E-state index in [-0.39, 0.29) is 0 Å². The van der Waals surface area contributed by atoms with Crippen molar-refractivity contribution in [3.63, 3.8) is 0 Å². The second-order valence-electron chi connectivity index (χ2n) is 7.30. The maximum Gasteiger partial charge on any atom is -0.00205 e. The maximum atomic E-state index is 5.72. The van der Waals surface area contributed by atoms with Crippen LogP contribution in [0.25, 0.3) is 0 Å². The van der Waals surface area contributed by atoms with Crippen molar-refractivity contribution in [3.05, 3.63) is 0 Å². The largest absolute Gasteiger partial charge is 0.330 e. The van der Waals surface area contributed by atoms with Gasteiger partial charge in [-0.1, -0.05) is 27.7 Å². The lowest BCUT2D eigenvalue weighted by molar-refractivity contribution is 0.210. The van der Waals surface area contributed by atoms with Crippen LogP contribution in [0.3, 0.4) is 0 Å². The molecule has 0 bridgehead atoms. The summed E-state index contributed by atoms with van der Waals surface area (Å²) in [5.74, 6) is 2.68. The van der Waals surface area contributed by atoms with Crippen LogP contribution in [-0.2, 0) is 0 Å². The van der Waals surface area contributed by atoms with Crippen molar-refractivity contribution < 1.29 is 0 Å². The first-order chi connectivity index (χ1) is 8.45. The van der Waals surface area contributed by atoms with Crippen LogP contribution in [0.4, 0.5) is 0 Å². The third-order valence-corrected chi connectivity index (χ3v) is 4.54. The lowest BCUT2D eigenvalue weighted by Gasteiger charge is -2.30. The number of hydrogen-bond acceptors (Lipinski definition) is 2. The maximum absolute atomic E-state index is 5.72. The van der Waals surface area contributed by atoms with Crippen LogP contribution < -0.4 is 11.1 Å². The summed E-state index contributed by atoms with van der Waals surface area (Å²) in [5.41, 5.74) is 6.12. The zero-order valence-electron chi connectivity index (χ0n) is 13.0. The monoisotopic (exact) mass is 254 g/mol. The molecule has 2 atom stereocenters. The van der Waals surface area contributed by atoms with Gasteiger partial charge in [0, 0.05) is 0 Å². The van der Waals surface area contributed by atoms with E-state index in [0.717, 1.165) is 24.3 Å². The highest BCUT2D eigenvalue weighted by Gasteiger charge is 2.27. The topological polar surface area (TPSA) is 38.0 Å². The summed E-state index contributed by atoms with van der Waals surface area (Å²) in [6.45, 7) is 12.6.